The Balaban J connectivity index is 0.993. The molecule has 3 fully saturated rings. The minimum absolute atomic E-state index is 0.0104. The Morgan fingerprint density at radius 3 is 0.921 bits per heavy atom. The van der Waals surface area contributed by atoms with Crippen molar-refractivity contribution in [2.45, 2.75) is 125 Å². The number of esters is 4. The maximum Gasteiger partial charge on any atom is 0.338 e. The van der Waals surface area contributed by atoms with Crippen LogP contribution in [0, 0.1) is 0 Å². The predicted octanol–water partition coefficient (Wildman–Crippen LogP) is 11.0. The standard InChI is InChI=1S/C81H78O20/c82-46-63-66(88-47-54-28-10-1-11-29-54)69(89-48-55-30-12-2-13-31-55)73(91-50-57-34-16-4-17-35-57)80(96-63)100-67-65(53-94-76(84)60-40-22-7-23-41-60)97-81(74(92-51-58-36-18-5-19-37-58)70(67)90-49-56-32-14-3-15-33-56)101-71-68(98-77(85)61-42-24-8-25-43-61)64(52-93-75(83)59-38-20-6-21-39-59)95-79(87)72(71)99-78(86)62-44-26-9-27-45-62/h1-45,63-74,79-82,87H,46-53H2/t63-,64-,65-,66-,67-,68+,69+,70+,71+,72-,73+,74+,79-,80+,81+/m1/s1. The third-order valence-corrected chi connectivity index (χ3v) is 17.3. The molecule has 3 aliphatic rings. The van der Waals surface area contributed by atoms with Gasteiger partial charge in [-0.2, -0.15) is 0 Å². The van der Waals surface area contributed by atoms with E-state index < -0.39 is 136 Å². The second kappa shape index (κ2) is 36.1. The largest absolute Gasteiger partial charge is 0.459 e. The van der Waals surface area contributed by atoms with Crippen LogP contribution in [0.5, 0.6) is 0 Å². The molecular formula is C81H78O20. The topological polar surface area (TPSA) is 238 Å². The monoisotopic (exact) mass is 1370 g/mol. The van der Waals surface area contributed by atoms with E-state index in [1.54, 1.807) is 97.1 Å². The van der Waals surface area contributed by atoms with E-state index in [1.807, 2.05) is 152 Å². The number of benzene rings is 9. The van der Waals surface area contributed by atoms with Crippen LogP contribution < -0.4 is 0 Å². The fraction of sp³-hybridized carbons (Fsp3) is 0.284. The SMILES string of the molecule is O=C(OC[C@H]1O[C@@H](O)[C@H](OC(=O)c2ccccc2)[C@@H](O[C@@H]2O[C@H](COC(=O)c3ccccc3)[C@@H](O[C@@H]3O[C@H](CO)[C@@H](OCc4ccccc4)[C@H](OCc4ccccc4)[C@@H]3OCc3ccccc3)[C@H](OCc3ccccc3)[C@@H]2OCc2ccccc2)[C@H]1OC(=O)c1ccccc1)c1ccccc1. The molecule has 0 unspecified atom stereocenters. The van der Waals surface area contributed by atoms with Crippen molar-refractivity contribution >= 4 is 23.9 Å². The number of hydrogen-bond donors (Lipinski definition) is 2. The Morgan fingerprint density at radius 2 is 0.564 bits per heavy atom. The van der Waals surface area contributed by atoms with Crippen molar-refractivity contribution in [1.29, 1.82) is 0 Å². The molecule has 20 heteroatoms. The van der Waals surface area contributed by atoms with Crippen LogP contribution in [-0.2, 0) is 99.4 Å². The lowest BCUT2D eigenvalue weighted by molar-refractivity contribution is -0.389. The highest BCUT2D eigenvalue weighted by molar-refractivity contribution is 5.91. The van der Waals surface area contributed by atoms with Crippen LogP contribution >= 0.6 is 0 Å². The molecule has 522 valence electrons. The Bertz CT molecular complexity index is 3970. The average Bonchev–Trinajstić information content (AvgIpc) is 0.766. The molecule has 9 aromatic rings. The van der Waals surface area contributed by atoms with Crippen LogP contribution in [-0.4, -0.2) is 146 Å². The highest BCUT2D eigenvalue weighted by Gasteiger charge is 2.58. The summed E-state index contributed by atoms with van der Waals surface area (Å²) in [5, 5.41) is 24.0. The van der Waals surface area contributed by atoms with Crippen LogP contribution in [0.15, 0.2) is 273 Å². The van der Waals surface area contributed by atoms with Crippen LogP contribution in [0.1, 0.15) is 69.2 Å². The van der Waals surface area contributed by atoms with E-state index in [2.05, 4.69) is 0 Å². The molecule has 0 radical (unpaired) electrons. The average molecular weight is 1370 g/mol. The molecule has 2 N–H and O–H groups in total. The van der Waals surface area contributed by atoms with Crippen molar-refractivity contribution in [2.24, 2.45) is 0 Å². The summed E-state index contributed by atoms with van der Waals surface area (Å²) in [5.41, 5.74) is 4.39. The van der Waals surface area contributed by atoms with Gasteiger partial charge >= 0.3 is 23.9 Å². The van der Waals surface area contributed by atoms with Crippen LogP contribution in [0.25, 0.3) is 0 Å². The van der Waals surface area contributed by atoms with Gasteiger partial charge in [0.05, 0.1) is 61.9 Å². The quantitative estimate of drug-likeness (QED) is 0.0314. The van der Waals surface area contributed by atoms with Gasteiger partial charge in [-0.3, -0.25) is 0 Å². The first kappa shape index (κ1) is 71.2. The molecule has 3 aliphatic heterocycles. The maximum atomic E-state index is 14.7. The zero-order chi connectivity index (χ0) is 69.5. The zero-order valence-electron chi connectivity index (χ0n) is 55.0. The Hall–Kier alpha value is -9.62. The number of carbonyl (C=O) groups is 4. The Morgan fingerprint density at radius 1 is 0.287 bits per heavy atom. The highest BCUT2D eigenvalue weighted by atomic mass is 16.8. The predicted molar refractivity (Wildman–Crippen MR) is 365 cm³/mol. The molecule has 3 heterocycles. The summed E-state index contributed by atoms with van der Waals surface area (Å²) in [6, 6.07) is 79.5. The van der Waals surface area contributed by atoms with Gasteiger partial charge in [0.1, 0.15) is 74.3 Å². The first-order valence-electron chi connectivity index (χ1n) is 33.4. The molecular weight excluding hydrogens is 1290 g/mol. The van der Waals surface area contributed by atoms with Gasteiger partial charge in [0.2, 0.25) is 0 Å². The second-order valence-corrected chi connectivity index (χ2v) is 24.2. The normalized spacial score (nSPS) is 24.9. The van der Waals surface area contributed by atoms with E-state index in [0.717, 1.165) is 16.7 Å². The minimum Gasteiger partial charge on any atom is -0.459 e. The van der Waals surface area contributed by atoms with Gasteiger partial charge in [0, 0.05) is 0 Å². The second-order valence-electron chi connectivity index (χ2n) is 24.2. The van der Waals surface area contributed by atoms with Gasteiger partial charge in [-0.25, -0.2) is 19.2 Å². The maximum absolute atomic E-state index is 14.7. The van der Waals surface area contributed by atoms with Gasteiger partial charge in [-0.1, -0.05) is 224 Å². The number of ether oxygens (including phenoxy) is 14. The van der Waals surface area contributed by atoms with Crippen molar-refractivity contribution < 1.29 is 95.7 Å². The van der Waals surface area contributed by atoms with Crippen LogP contribution in [0.2, 0.25) is 0 Å². The van der Waals surface area contributed by atoms with E-state index in [4.69, 9.17) is 66.3 Å². The molecule has 0 bridgehead atoms. The van der Waals surface area contributed by atoms with Crippen molar-refractivity contribution in [2.75, 3.05) is 19.8 Å². The molecule has 12 rings (SSSR count). The first-order valence-corrected chi connectivity index (χ1v) is 33.4. The molecule has 3 saturated heterocycles. The van der Waals surface area contributed by atoms with Gasteiger partial charge in [0.25, 0.3) is 0 Å². The lowest BCUT2D eigenvalue weighted by Gasteiger charge is -2.51. The minimum atomic E-state index is -2.08. The summed E-state index contributed by atoms with van der Waals surface area (Å²) in [6.45, 7) is -1.91. The molecule has 0 aromatic heterocycles. The number of aliphatic hydroxyl groups is 2. The van der Waals surface area contributed by atoms with Crippen LogP contribution in [0.3, 0.4) is 0 Å². The zero-order valence-corrected chi connectivity index (χ0v) is 55.0. The van der Waals surface area contributed by atoms with Gasteiger partial charge in [-0.05, 0) is 76.3 Å². The summed E-state index contributed by atoms with van der Waals surface area (Å²) in [6.07, 6.45) is -22.5. The third-order valence-electron chi connectivity index (χ3n) is 17.3. The number of aliphatic hydroxyl groups excluding tert-OH is 2. The van der Waals surface area contributed by atoms with E-state index in [1.165, 1.54) is 24.3 Å². The third kappa shape index (κ3) is 19.3. The molecule has 0 saturated carbocycles. The molecule has 101 heavy (non-hydrogen) atoms. The Kier molecular flexibility index (Phi) is 25.5. The molecule has 0 amide bonds. The van der Waals surface area contributed by atoms with Gasteiger partial charge in [-0.15, -0.1) is 0 Å². The van der Waals surface area contributed by atoms with E-state index >= 15 is 0 Å². The number of rotatable bonds is 30. The summed E-state index contributed by atoms with van der Waals surface area (Å²) in [5.74, 6) is -3.37. The van der Waals surface area contributed by atoms with Gasteiger partial charge < -0.3 is 76.5 Å². The lowest BCUT2D eigenvalue weighted by Crippen LogP contribution is -2.68. The van der Waals surface area contributed by atoms with Crippen LogP contribution in [0.4, 0.5) is 0 Å². The summed E-state index contributed by atoms with van der Waals surface area (Å²) < 4.78 is 95.2. The molecule has 9 aromatic carbocycles. The fourth-order valence-corrected chi connectivity index (χ4v) is 12.1. The summed E-state index contributed by atoms with van der Waals surface area (Å²) in [7, 11) is 0. The Labute approximate surface area is 585 Å². The van der Waals surface area contributed by atoms with E-state index in [9.17, 15) is 29.4 Å². The molecule has 0 aliphatic carbocycles. The number of carbonyl (C=O) groups excluding carboxylic acids is 4. The van der Waals surface area contributed by atoms with Crippen molar-refractivity contribution in [3.05, 3.63) is 323 Å². The van der Waals surface area contributed by atoms with E-state index in [-0.39, 0.29) is 55.3 Å². The van der Waals surface area contributed by atoms with Crippen molar-refractivity contribution in [1.82, 2.24) is 0 Å². The fourth-order valence-electron chi connectivity index (χ4n) is 12.1. The molecule has 20 nitrogen and oxygen atoms in total. The summed E-state index contributed by atoms with van der Waals surface area (Å²) >= 11 is 0. The number of hydrogen-bond acceptors (Lipinski definition) is 20. The van der Waals surface area contributed by atoms with Crippen molar-refractivity contribution in [3.8, 4) is 0 Å². The first-order chi connectivity index (χ1) is 49.6. The molecule has 0 spiro atoms. The highest BCUT2D eigenvalue weighted by Crippen LogP contribution is 2.40. The smallest absolute Gasteiger partial charge is 0.338 e. The van der Waals surface area contributed by atoms with E-state index in [0.29, 0.717) is 11.1 Å². The molecule has 15 atom stereocenters. The van der Waals surface area contributed by atoms with Crippen molar-refractivity contribution in [3.63, 3.8) is 0 Å². The van der Waals surface area contributed by atoms with Gasteiger partial charge in [0.15, 0.2) is 31.1 Å². The lowest BCUT2D eigenvalue weighted by atomic mass is 9.95. The summed E-state index contributed by atoms with van der Waals surface area (Å²) in [4.78, 5) is 57.4.